The molecule has 1 unspecified atom stereocenters. The molecule has 5 nitrogen and oxygen atoms in total. The van der Waals surface area contributed by atoms with Crippen LogP contribution in [0, 0.1) is 5.92 Å². The molecule has 0 aliphatic carbocycles. The number of carbonyl (C=O) groups excluding carboxylic acids is 1. The Morgan fingerprint density at radius 1 is 1.53 bits per heavy atom. The molecule has 5 heteroatoms. The minimum absolute atomic E-state index is 0.0909. The summed E-state index contributed by atoms with van der Waals surface area (Å²) < 4.78 is 4.99. The van der Waals surface area contributed by atoms with Gasteiger partial charge in [-0.25, -0.2) is 0 Å². The van der Waals surface area contributed by atoms with Gasteiger partial charge in [-0.3, -0.25) is 15.1 Å². The van der Waals surface area contributed by atoms with E-state index in [1.165, 1.54) is 0 Å². The zero-order valence-electron chi connectivity index (χ0n) is 9.76. The molecule has 86 valence electrons. The highest BCUT2D eigenvalue weighted by Crippen LogP contribution is 2.09. The van der Waals surface area contributed by atoms with Crippen molar-refractivity contribution in [3.05, 3.63) is 0 Å². The molecule has 1 saturated heterocycles. The maximum atomic E-state index is 11.6. The maximum Gasteiger partial charge on any atom is 0.254 e. The van der Waals surface area contributed by atoms with E-state index in [4.69, 9.17) is 4.74 Å². The van der Waals surface area contributed by atoms with Crippen LogP contribution in [0.1, 0.15) is 20.8 Å². The molecule has 1 heterocycles. The summed E-state index contributed by atoms with van der Waals surface area (Å²) in [6, 6.07) is 0. The molecule has 1 aliphatic heterocycles. The molecule has 0 radical (unpaired) electrons. The van der Waals surface area contributed by atoms with Gasteiger partial charge in [-0.1, -0.05) is 13.8 Å². The molecule has 0 aromatic rings. The Kier molecular flexibility index (Phi) is 3.68. The largest absolute Gasteiger partial charge is 0.382 e. The van der Waals surface area contributed by atoms with Gasteiger partial charge in [0.15, 0.2) is 5.96 Å². The zero-order valence-corrected chi connectivity index (χ0v) is 9.76. The number of carbonyl (C=O) groups is 1. The second-order valence-corrected chi connectivity index (χ2v) is 4.43. The predicted octanol–water partition coefficient (Wildman–Crippen LogP) is 0.123. The summed E-state index contributed by atoms with van der Waals surface area (Å²) in [4.78, 5) is 15.9. The van der Waals surface area contributed by atoms with E-state index in [1.807, 2.05) is 0 Å². The van der Waals surface area contributed by atoms with Gasteiger partial charge in [0, 0.05) is 13.7 Å². The Hall–Kier alpha value is -1.10. The second-order valence-electron chi connectivity index (χ2n) is 4.43. The van der Waals surface area contributed by atoms with E-state index in [0.29, 0.717) is 25.0 Å². The fourth-order valence-corrected chi connectivity index (χ4v) is 1.34. The lowest BCUT2D eigenvalue weighted by Crippen LogP contribution is -2.47. The third-order valence-corrected chi connectivity index (χ3v) is 2.17. The average molecular weight is 213 g/mol. The van der Waals surface area contributed by atoms with E-state index in [-0.39, 0.29) is 5.91 Å². The van der Waals surface area contributed by atoms with Crippen LogP contribution < -0.4 is 10.6 Å². The van der Waals surface area contributed by atoms with E-state index in [2.05, 4.69) is 29.5 Å². The van der Waals surface area contributed by atoms with E-state index in [1.54, 1.807) is 14.0 Å². The van der Waals surface area contributed by atoms with Crippen LogP contribution in [0.5, 0.6) is 0 Å². The number of rotatable bonds is 4. The Labute approximate surface area is 90.3 Å². The van der Waals surface area contributed by atoms with E-state index >= 15 is 0 Å². The second kappa shape index (κ2) is 4.61. The summed E-state index contributed by atoms with van der Waals surface area (Å²) in [5.74, 6) is 0.936. The summed E-state index contributed by atoms with van der Waals surface area (Å²) in [6.45, 7) is 6.99. The maximum absolute atomic E-state index is 11.6. The normalized spacial score (nSPS) is 28.3. The topological polar surface area (TPSA) is 62.7 Å². The molecule has 15 heavy (non-hydrogen) atoms. The molecule has 1 amide bonds. The first-order valence-electron chi connectivity index (χ1n) is 5.11. The summed E-state index contributed by atoms with van der Waals surface area (Å²) in [7, 11) is 1.57. The standard InChI is InChI=1S/C10H19N3O2/c1-7(2)5-11-9-12-8(14)10(3,13-9)6-15-4/h7H,5-6H2,1-4H3,(H2,11,12,13,14). The lowest BCUT2D eigenvalue weighted by Gasteiger charge is -2.19. The number of nitrogens with one attached hydrogen (secondary N) is 2. The first kappa shape index (κ1) is 12.0. The molecule has 0 aromatic carbocycles. The van der Waals surface area contributed by atoms with Crippen LogP contribution in [-0.2, 0) is 9.53 Å². The fourth-order valence-electron chi connectivity index (χ4n) is 1.34. The number of aliphatic imine (C=N–C) groups is 1. The Bertz CT molecular complexity index is 276. The minimum atomic E-state index is -0.690. The SMILES string of the molecule is COCC1(C)NC(=NCC(C)C)NC1=O. The highest BCUT2D eigenvalue weighted by Gasteiger charge is 2.40. The van der Waals surface area contributed by atoms with Gasteiger partial charge in [-0.15, -0.1) is 0 Å². The van der Waals surface area contributed by atoms with Crippen molar-refractivity contribution in [2.45, 2.75) is 26.3 Å². The lowest BCUT2D eigenvalue weighted by atomic mass is 10.1. The molecule has 0 bridgehead atoms. The van der Waals surface area contributed by atoms with Crippen LogP contribution in [0.25, 0.3) is 0 Å². The van der Waals surface area contributed by atoms with Gasteiger partial charge < -0.3 is 10.1 Å². The van der Waals surface area contributed by atoms with Crippen molar-refractivity contribution in [3.63, 3.8) is 0 Å². The van der Waals surface area contributed by atoms with Crippen molar-refractivity contribution in [2.75, 3.05) is 20.3 Å². The third kappa shape index (κ3) is 2.92. The number of ether oxygens (including phenoxy) is 1. The minimum Gasteiger partial charge on any atom is -0.382 e. The van der Waals surface area contributed by atoms with Gasteiger partial charge >= 0.3 is 0 Å². The van der Waals surface area contributed by atoms with Gasteiger partial charge in [-0.2, -0.15) is 0 Å². The molecule has 1 rings (SSSR count). The van der Waals surface area contributed by atoms with E-state index in [9.17, 15) is 4.79 Å². The van der Waals surface area contributed by atoms with Crippen LogP contribution in [0.15, 0.2) is 4.99 Å². The number of guanidine groups is 1. The Morgan fingerprint density at radius 3 is 2.73 bits per heavy atom. The van der Waals surface area contributed by atoms with Crippen molar-refractivity contribution in [1.82, 2.24) is 10.6 Å². The van der Waals surface area contributed by atoms with Gasteiger partial charge in [0.2, 0.25) is 0 Å². The van der Waals surface area contributed by atoms with Crippen molar-refractivity contribution in [2.24, 2.45) is 10.9 Å². The summed E-state index contributed by atoms with van der Waals surface area (Å²) in [5.41, 5.74) is -0.690. The number of hydrogen-bond acceptors (Lipinski definition) is 3. The van der Waals surface area contributed by atoms with Crippen LogP contribution >= 0.6 is 0 Å². The smallest absolute Gasteiger partial charge is 0.254 e. The third-order valence-electron chi connectivity index (χ3n) is 2.17. The molecule has 0 saturated carbocycles. The van der Waals surface area contributed by atoms with E-state index < -0.39 is 5.54 Å². The molecule has 1 fully saturated rings. The van der Waals surface area contributed by atoms with Crippen LogP contribution in [0.3, 0.4) is 0 Å². The van der Waals surface area contributed by atoms with Gasteiger partial charge in [0.1, 0.15) is 5.54 Å². The quantitative estimate of drug-likeness (QED) is 0.697. The molecular formula is C10H19N3O2. The first-order chi connectivity index (χ1) is 6.98. The molecule has 1 aliphatic rings. The highest BCUT2D eigenvalue weighted by molar-refractivity contribution is 6.08. The monoisotopic (exact) mass is 213 g/mol. The van der Waals surface area contributed by atoms with Crippen LogP contribution in [-0.4, -0.2) is 37.7 Å². The van der Waals surface area contributed by atoms with Crippen molar-refractivity contribution in [1.29, 1.82) is 0 Å². The summed E-state index contributed by atoms with van der Waals surface area (Å²) in [5, 5.41) is 5.74. The summed E-state index contributed by atoms with van der Waals surface area (Å²) >= 11 is 0. The number of methoxy groups -OCH3 is 1. The van der Waals surface area contributed by atoms with Crippen molar-refractivity contribution < 1.29 is 9.53 Å². The average Bonchev–Trinajstić information content (AvgIpc) is 2.40. The van der Waals surface area contributed by atoms with Gasteiger partial charge in [0.25, 0.3) is 5.91 Å². The molecule has 0 aromatic heterocycles. The van der Waals surface area contributed by atoms with Gasteiger partial charge in [-0.05, 0) is 12.8 Å². The van der Waals surface area contributed by atoms with Gasteiger partial charge in [0.05, 0.1) is 6.61 Å². The number of nitrogens with zero attached hydrogens (tertiary/aromatic N) is 1. The van der Waals surface area contributed by atoms with E-state index in [0.717, 1.165) is 0 Å². The predicted molar refractivity (Wildman–Crippen MR) is 58.7 cm³/mol. The molecule has 0 spiro atoms. The van der Waals surface area contributed by atoms with Crippen molar-refractivity contribution in [3.8, 4) is 0 Å². The van der Waals surface area contributed by atoms with Crippen molar-refractivity contribution >= 4 is 11.9 Å². The first-order valence-corrected chi connectivity index (χ1v) is 5.11. The lowest BCUT2D eigenvalue weighted by molar-refractivity contribution is -0.125. The van der Waals surface area contributed by atoms with Crippen LogP contribution in [0.4, 0.5) is 0 Å². The molecule has 1 atom stereocenters. The zero-order chi connectivity index (χ0) is 11.5. The summed E-state index contributed by atoms with van der Waals surface area (Å²) in [6.07, 6.45) is 0. The fraction of sp³-hybridized carbons (Fsp3) is 0.800. The van der Waals surface area contributed by atoms with Crippen LogP contribution in [0.2, 0.25) is 0 Å². The Balaban J connectivity index is 2.62. The molecule has 2 N–H and O–H groups in total. The number of amides is 1. The number of hydrogen-bond donors (Lipinski definition) is 2. The molecular weight excluding hydrogens is 194 g/mol. The highest BCUT2D eigenvalue weighted by atomic mass is 16.5. The Morgan fingerprint density at radius 2 is 2.20 bits per heavy atom.